The zero-order chi connectivity index (χ0) is 12.7. The molecule has 5 heteroatoms. The van der Waals surface area contributed by atoms with Gasteiger partial charge in [0.1, 0.15) is 17.7 Å². The van der Waals surface area contributed by atoms with E-state index in [0.717, 1.165) is 16.3 Å². The molecule has 3 rings (SSSR count). The number of hydrogen-bond acceptors (Lipinski definition) is 4. The highest BCUT2D eigenvalue weighted by Crippen LogP contribution is 2.39. The Morgan fingerprint density at radius 2 is 2.33 bits per heavy atom. The fourth-order valence-corrected chi connectivity index (χ4v) is 2.84. The molecule has 2 heterocycles. The molecule has 1 unspecified atom stereocenters. The second-order valence-corrected chi connectivity index (χ2v) is 5.48. The van der Waals surface area contributed by atoms with E-state index in [1.165, 1.54) is 12.1 Å². The number of ether oxygens (including phenoxy) is 1. The Bertz CT molecular complexity index is 584. The first-order valence-corrected chi connectivity index (χ1v) is 6.65. The van der Waals surface area contributed by atoms with E-state index < -0.39 is 0 Å². The zero-order valence-electron chi connectivity index (χ0n) is 9.89. The first kappa shape index (κ1) is 11.6. The number of nitrogens with zero attached hydrogens (tertiary/aromatic N) is 1. The number of halogens is 1. The summed E-state index contributed by atoms with van der Waals surface area (Å²) in [4.78, 5) is 4.42. The molecule has 1 aliphatic heterocycles. The number of aryl methyl sites for hydroxylation is 1. The first-order chi connectivity index (χ1) is 8.63. The van der Waals surface area contributed by atoms with Crippen molar-refractivity contribution in [2.24, 2.45) is 5.73 Å². The number of benzene rings is 1. The Balaban J connectivity index is 1.94. The molecule has 1 aliphatic rings. The fourth-order valence-electron chi connectivity index (χ4n) is 2.18. The molecular formula is C13H13FN2OS. The Morgan fingerprint density at radius 3 is 3.06 bits per heavy atom. The van der Waals surface area contributed by atoms with Crippen LogP contribution in [0.5, 0.6) is 5.75 Å². The summed E-state index contributed by atoms with van der Waals surface area (Å²) in [5.74, 6) is 0.376. The maximum Gasteiger partial charge on any atom is 0.143 e. The molecule has 0 aliphatic carbocycles. The Labute approximate surface area is 108 Å². The molecule has 2 atom stereocenters. The van der Waals surface area contributed by atoms with Crippen molar-refractivity contribution in [1.29, 1.82) is 0 Å². The highest BCUT2D eigenvalue weighted by Gasteiger charge is 2.28. The van der Waals surface area contributed by atoms with Gasteiger partial charge in [0.2, 0.25) is 0 Å². The van der Waals surface area contributed by atoms with Crippen LogP contribution in [0.4, 0.5) is 4.39 Å². The number of aromatic nitrogens is 1. The van der Waals surface area contributed by atoms with Gasteiger partial charge in [0.25, 0.3) is 0 Å². The van der Waals surface area contributed by atoms with Crippen LogP contribution in [0.25, 0.3) is 0 Å². The fraction of sp³-hybridized carbons (Fsp3) is 0.308. The summed E-state index contributed by atoms with van der Waals surface area (Å²) in [7, 11) is 0. The van der Waals surface area contributed by atoms with E-state index in [4.69, 9.17) is 10.5 Å². The number of hydrogen-bond donors (Lipinski definition) is 1. The quantitative estimate of drug-likeness (QED) is 0.861. The third-order valence-electron chi connectivity index (χ3n) is 3.08. The van der Waals surface area contributed by atoms with Gasteiger partial charge in [0.05, 0.1) is 10.7 Å². The number of rotatable bonds is 1. The topological polar surface area (TPSA) is 48.1 Å². The van der Waals surface area contributed by atoms with Crippen molar-refractivity contribution in [1.82, 2.24) is 4.98 Å². The molecule has 1 aromatic heterocycles. The van der Waals surface area contributed by atoms with Crippen molar-refractivity contribution in [3.05, 3.63) is 45.7 Å². The molecule has 0 radical (unpaired) electrons. The molecule has 3 nitrogen and oxygen atoms in total. The molecule has 18 heavy (non-hydrogen) atoms. The van der Waals surface area contributed by atoms with Gasteiger partial charge in [-0.1, -0.05) is 0 Å². The second-order valence-electron chi connectivity index (χ2n) is 4.42. The molecule has 0 spiro atoms. The lowest BCUT2D eigenvalue weighted by Gasteiger charge is -2.29. The van der Waals surface area contributed by atoms with Gasteiger partial charge in [0.15, 0.2) is 0 Å². The highest BCUT2D eigenvalue weighted by molar-refractivity contribution is 7.09. The summed E-state index contributed by atoms with van der Waals surface area (Å²) in [6.45, 7) is 1.96. The Morgan fingerprint density at radius 1 is 1.50 bits per heavy atom. The van der Waals surface area contributed by atoms with Gasteiger partial charge in [-0.05, 0) is 25.1 Å². The van der Waals surface area contributed by atoms with Crippen molar-refractivity contribution in [2.75, 3.05) is 0 Å². The standard InChI is InChI=1S/C13H13FN2OS/c1-7-16-11(6-18-7)13-5-10(15)9-4-8(14)2-3-12(9)17-13/h2-4,6,10,13H,5,15H2,1H3/t10-,13?/m1/s1. The predicted octanol–water partition coefficient (Wildman–Crippen LogP) is 3.11. The van der Waals surface area contributed by atoms with Crippen molar-refractivity contribution in [2.45, 2.75) is 25.5 Å². The van der Waals surface area contributed by atoms with E-state index >= 15 is 0 Å². The minimum atomic E-state index is -0.282. The van der Waals surface area contributed by atoms with Crippen LogP contribution in [0.3, 0.4) is 0 Å². The lowest BCUT2D eigenvalue weighted by molar-refractivity contribution is 0.157. The minimum absolute atomic E-state index is 0.136. The number of nitrogens with two attached hydrogens (primary N) is 1. The molecule has 0 saturated carbocycles. The smallest absolute Gasteiger partial charge is 0.143 e. The van der Waals surface area contributed by atoms with Gasteiger partial charge in [0, 0.05) is 23.4 Å². The van der Waals surface area contributed by atoms with Crippen LogP contribution in [0.15, 0.2) is 23.6 Å². The van der Waals surface area contributed by atoms with Gasteiger partial charge < -0.3 is 10.5 Å². The molecule has 2 N–H and O–H groups in total. The molecular weight excluding hydrogens is 251 g/mol. The van der Waals surface area contributed by atoms with Gasteiger partial charge in [-0.25, -0.2) is 9.37 Å². The van der Waals surface area contributed by atoms with Crippen LogP contribution in [0, 0.1) is 12.7 Å². The van der Waals surface area contributed by atoms with Crippen LogP contribution in [0.2, 0.25) is 0 Å². The zero-order valence-corrected chi connectivity index (χ0v) is 10.7. The lowest BCUT2D eigenvalue weighted by Crippen LogP contribution is -2.24. The van der Waals surface area contributed by atoms with Gasteiger partial charge in [-0.15, -0.1) is 11.3 Å². The van der Waals surface area contributed by atoms with Crippen LogP contribution in [-0.4, -0.2) is 4.98 Å². The van der Waals surface area contributed by atoms with Crippen molar-refractivity contribution >= 4 is 11.3 Å². The molecule has 1 aromatic carbocycles. The Hall–Kier alpha value is -1.46. The minimum Gasteiger partial charge on any atom is -0.484 e. The predicted molar refractivity (Wildman–Crippen MR) is 68.2 cm³/mol. The maximum atomic E-state index is 13.2. The van der Waals surface area contributed by atoms with E-state index in [9.17, 15) is 4.39 Å². The average molecular weight is 264 g/mol. The third kappa shape index (κ3) is 2.00. The SMILES string of the molecule is Cc1nc(C2C[C@@H](N)c3cc(F)ccc3O2)cs1. The van der Waals surface area contributed by atoms with Crippen molar-refractivity contribution < 1.29 is 9.13 Å². The van der Waals surface area contributed by atoms with Gasteiger partial charge in [-0.3, -0.25) is 0 Å². The van der Waals surface area contributed by atoms with Crippen molar-refractivity contribution in [3.8, 4) is 5.75 Å². The summed E-state index contributed by atoms with van der Waals surface area (Å²) in [6.07, 6.45) is 0.488. The van der Waals surface area contributed by atoms with Crippen LogP contribution in [0.1, 0.15) is 34.8 Å². The molecule has 0 amide bonds. The Kier molecular flexibility index (Phi) is 2.80. The number of thiazole rings is 1. The summed E-state index contributed by atoms with van der Waals surface area (Å²) in [5.41, 5.74) is 7.72. The van der Waals surface area contributed by atoms with E-state index in [1.807, 2.05) is 12.3 Å². The average Bonchev–Trinajstić information content (AvgIpc) is 2.77. The van der Waals surface area contributed by atoms with E-state index in [1.54, 1.807) is 17.4 Å². The first-order valence-electron chi connectivity index (χ1n) is 5.77. The van der Waals surface area contributed by atoms with E-state index in [2.05, 4.69) is 4.98 Å². The van der Waals surface area contributed by atoms with Crippen LogP contribution < -0.4 is 10.5 Å². The third-order valence-corrected chi connectivity index (χ3v) is 3.87. The lowest BCUT2D eigenvalue weighted by atomic mass is 9.96. The van der Waals surface area contributed by atoms with Gasteiger partial charge in [-0.2, -0.15) is 0 Å². The van der Waals surface area contributed by atoms with Crippen LogP contribution in [-0.2, 0) is 0 Å². The van der Waals surface area contributed by atoms with Gasteiger partial charge >= 0.3 is 0 Å². The molecule has 2 aromatic rings. The molecule has 94 valence electrons. The van der Waals surface area contributed by atoms with Crippen molar-refractivity contribution in [3.63, 3.8) is 0 Å². The van der Waals surface area contributed by atoms with E-state index in [-0.39, 0.29) is 18.0 Å². The normalized spacial score (nSPS) is 22.4. The highest BCUT2D eigenvalue weighted by atomic mass is 32.1. The summed E-state index contributed by atoms with van der Waals surface area (Å²) in [6, 6.07) is 4.26. The molecule has 0 fully saturated rings. The van der Waals surface area contributed by atoms with E-state index in [0.29, 0.717) is 12.2 Å². The molecule has 0 saturated heterocycles. The summed E-state index contributed by atoms with van der Waals surface area (Å²) >= 11 is 1.59. The maximum absolute atomic E-state index is 13.2. The second kappa shape index (κ2) is 4.33. The summed E-state index contributed by atoms with van der Waals surface area (Å²) in [5, 5.41) is 2.99. The largest absolute Gasteiger partial charge is 0.484 e. The number of fused-ring (bicyclic) bond motifs is 1. The van der Waals surface area contributed by atoms with Crippen LogP contribution >= 0.6 is 11.3 Å². The molecule has 0 bridgehead atoms. The monoisotopic (exact) mass is 264 g/mol. The summed E-state index contributed by atoms with van der Waals surface area (Å²) < 4.78 is 19.0.